The largest absolute Gasteiger partial charge is 0.494 e. The highest BCUT2D eigenvalue weighted by molar-refractivity contribution is 5.51. The quantitative estimate of drug-likeness (QED) is 0.847. The van der Waals surface area contributed by atoms with Crippen molar-refractivity contribution in [3.05, 3.63) is 35.7 Å². The minimum Gasteiger partial charge on any atom is -0.494 e. The second-order valence-electron chi connectivity index (χ2n) is 3.96. The Kier molecular flexibility index (Phi) is 3.57. The predicted octanol–water partition coefficient (Wildman–Crippen LogP) is 2.60. The van der Waals surface area contributed by atoms with Gasteiger partial charge in [0.15, 0.2) is 11.6 Å². The first kappa shape index (κ1) is 11.1. The molecular weight excluding hydrogens is 205 g/mol. The van der Waals surface area contributed by atoms with Crippen LogP contribution in [-0.2, 0) is 0 Å². The van der Waals surface area contributed by atoms with E-state index in [2.05, 4.69) is 11.4 Å². The molecule has 0 amide bonds. The van der Waals surface area contributed by atoms with Gasteiger partial charge in [0, 0.05) is 6.04 Å². The van der Waals surface area contributed by atoms with E-state index in [9.17, 15) is 4.39 Å². The van der Waals surface area contributed by atoms with Gasteiger partial charge in [0.05, 0.1) is 7.11 Å². The van der Waals surface area contributed by atoms with Gasteiger partial charge in [-0.3, -0.25) is 0 Å². The zero-order chi connectivity index (χ0) is 11.4. The highest BCUT2D eigenvalue weighted by atomic mass is 19.1. The molecule has 1 aromatic carbocycles. The van der Waals surface area contributed by atoms with Gasteiger partial charge in [0.25, 0.3) is 0 Å². The van der Waals surface area contributed by atoms with Crippen LogP contribution in [0.4, 0.5) is 4.39 Å². The zero-order valence-electron chi connectivity index (χ0n) is 9.37. The highest BCUT2D eigenvalue weighted by Gasteiger charge is 2.09. The van der Waals surface area contributed by atoms with Gasteiger partial charge in [-0.15, -0.1) is 0 Å². The first-order valence-electron chi connectivity index (χ1n) is 5.55. The number of rotatable bonds is 3. The maximum absolute atomic E-state index is 13.4. The van der Waals surface area contributed by atoms with E-state index in [1.165, 1.54) is 19.6 Å². The second kappa shape index (κ2) is 5.12. The van der Waals surface area contributed by atoms with Crippen LogP contribution in [0.1, 0.15) is 18.4 Å². The Balaban J connectivity index is 2.06. The minimum absolute atomic E-state index is 0.288. The summed E-state index contributed by atoms with van der Waals surface area (Å²) >= 11 is 0. The number of hydrogen-bond acceptors (Lipinski definition) is 2. The van der Waals surface area contributed by atoms with E-state index in [1.54, 1.807) is 6.07 Å². The van der Waals surface area contributed by atoms with Crippen LogP contribution in [0.15, 0.2) is 24.3 Å². The van der Waals surface area contributed by atoms with Crippen molar-refractivity contribution < 1.29 is 9.13 Å². The van der Waals surface area contributed by atoms with E-state index in [1.807, 2.05) is 12.1 Å². The van der Waals surface area contributed by atoms with Crippen molar-refractivity contribution in [2.45, 2.75) is 18.9 Å². The fourth-order valence-electron chi connectivity index (χ4n) is 1.89. The standard InChI is InChI=1S/C13H16FNO/c1-16-13-7-5-10(9-12(13)14)4-6-11-3-2-8-15-11/h4-7,9,11,15H,2-3,8H2,1H3/b6-4+. The van der Waals surface area contributed by atoms with Crippen molar-refractivity contribution >= 4 is 6.08 Å². The summed E-state index contributed by atoms with van der Waals surface area (Å²) in [5.41, 5.74) is 0.868. The van der Waals surface area contributed by atoms with Crippen molar-refractivity contribution in [3.63, 3.8) is 0 Å². The molecule has 0 aliphatic carbocycles. The van der Waals surface area contributed by atoms with E-state index in [0.717, 1.165) is 18.5 Å². The Hall–Kier alpha value is -1.35. The predicted molar refractivity (Wildman–Crippen MR) is 63.0 cm³/mol. The van der Waals surface area contributed by atoms with Crippen molar-refractivity contribution in [2.24, 2.45) is 0 Å². The highest BCUT2D eigenvalue weighted by Crippen LogP contribution is 2.19. The fourth-order valence-corrected chi connectivity index (χ4v) is 1.89. The molecule has 16 heavy (non-hydrogen) atoms. The van der Waals surface area contributed by atoms with Gasteiger partial charge >= 0.3 is 0 Å². The third-order valence-electron chi connectivity index (χ3n) is 2.80. The molecule has 1 aliphatic heterocycles. The van der Waals surface area contributed by atoms with Crippen molar-refractivity contribution in [3.8, 4) is 5.75 Å². The summed E-state index contributed by atoms with van der Waals surface area (Å²) in [4.78, 5) is 0. The van der Waals surface area contributed by atoms with Gasteiger partial charge in [-0.1, -0.05) is 18.2 Å². The van der Waals surface area contributed by atoms with Crippen molar-refractivity contribution in [1.82, 2.24) is 5.32 Å². The molecule has 1 heterocycles. The average molecular weight is 221 g/mol. The molecule has 0 saturated carbocycles. The van der Waals surface area contributed by atoms with Gasteiger partial charge in [-0.05, 0) is 37.1 Å². The van der Waals surface area contributed by atoms with Crippen LogP contribution in [0, 0.1) is 5.82 Å². The third-order valence-corrected chi connectivity index (χ3v) is 2.80. The van der Waals surface area contributed by atoms with E-state index in [4.69, 9.17) is 4.74 Å². The molecule has 1 atom stereocenters. The summed E-state index contributed by atoms with van der Waals surface area (Å²) in [6.45, 7) is 1.08. The van der Waals surface area contributed by atoms with Gasteiger partial charge in [-0.2, -0.15) is 0 Å². The Labute approximate surface area is 95.1 Å². The molecule has 0 aromatic heterocycles. The summed E-state index contributed by atoms with van der Waals surface area (Å²) in [7, 11) is 1.47. The number of nitrogens with one attached hydrogen (secondary N) is 1. The SMILES string of the molecule is COc1ccc(/C=C/C2CCCN2)cc1F. The second-order valence-corrected chi connectivity index (χ2v) is 3.96. The molecule has 2 nitrogen and oxygen atoms in total. The molecule has 1 unspecified atom stereocenters. The van der Waals surface area contributed by atoms with Gasteiger partial charge in [0.2, 0.25) is 0 Å². The molecular formula is C13H16FNO. The molecule has 86 valence electrons. The summed E-state index contributed by atoms with van der Waals surface area (Å²) in [6.07, 6.45) is 6.42. The molecule has 0 radical (unpaired) electrons. The van der Waals surface area contributed by atoms with Gasteiger partial charge < -0.3 is 10.1 Å². The monoisotopic (exact) mass is 221 g/mol. The lowest BCUT2D eigenvalue weighted by Crippen LogP contribution is -2.17. The van der Waals surface area contributed by atoms with Crippen LogP contribution in [0.5, 0.6) is 5.75 Å². The first-order valence-corrected chi connectivity index (χ1v) is 5.55. The smallest absolute Gasteiger partial charge is 0.165 e. The van der Waals surface area contributed by atoms with Gasteiger partial charge in [0.1, 0.15) is 0 Å². The Morgan fingerprint density at radius 1 is 1.50 bits per heavy atom. The van der Waals surface area contributed by atoms with Crippen LogP contribution >= 0.6 is 0 Å². The Morgan fingerprint density at radius 2 is 2.38 bits per heavy atom. The van der Waals surface area contributed by atoms with Crippen molar-refractivity contribution in [2.75, 3.05) is 13.7 Å². The molecule has 1 aliphatic rings. The number of benzene rings is 1. The number of ether oxygens (including phenoxy) is 1. The first-order chi connectivity index (χ1) is 7.79. The van der Waals surface area contributed by atoms with E-state index < -0.39 is 0 Å². The summed E-state index contributed by atoms with van der Waals surface area (Å²) in [5, 5.41) is 3.36. The number of methoxy groups -OCH3 is 1. The minimum atomic E-state index is -0.316. The van der Waals surface area contributed by atoms with E-state index in [0.29, 0.717) is 6.04 Å². The Bertz CT molecular complexity index is 384. The van der Waals surface area contributed by atoms with Crippen LogP contribution in [0.25, 0.3) is 6.08 Å². The summed E-state index contributed by atoms with van der Waals surface area (Å²) in [5.74, 6) is -0.0276. The van der Waals surface area contributed by atoms with E-state index in [-0.39, 0.29) is 11.6 Å². The van der Waals surface area contributed by atoms with Crippen LogP contribution in [0.2, 0.25) is 0 Å². The summed E-state index contributed by atoms with van der Waals surface area (Å²) in [6, 6.07) is 5.43. The number of hydrogen-bond donors (Lipinski definition) is 1. The van der Waals surface area contributed by atoms with Crippen molar-refractivity contribution in [1.29, 1.82) is 0 Å². The molecule has 2 rings (SSSR count). The van der Waals surface area contributed by atoms with Crippen LogP contribution < -0.4 is 10.1 Å². The maximum Gasteiger partial charge on any atom is 0.165 e. The van der Waals surface area contributed by atoms with Gasteiger partial charge in [-0.25, -0.2) is 4.39 Å². The van der Waals surface area contributed by atoms with E-state index >= 15 is 0 Å². The summed E-state index contributed by atoms with van der Waals surface area (Å²) < 4.78 is 18.2. The third kappa shape index (κ3) is 2.61. The van der Waals surface area contributed by atoms with Crippen LogP contribution in [0.3, 0.4) is 0 Å². The molecule has 1 saturated heterocycles. The zero-order valence-corrected chi connectivity index (χ0v) is 9.37. The lowest BCUT2D eigenvalue weighted by Gasteiger charge is -2.04. The molecule has 1 aromatic rings. The molecule has 3 heteroatoms. The molecule has 1 fully saturated rings. The lowest BCUT2D eigenvalue weighted by molar-refractivity contribution is 0.386. The number of halogens is 1. The fraction of sp³-hybridized carbons (Fsp3) is 0.385. The maximum atomic E-state index is 13.4. The molecule has 1 N–H and O–H groups in total. The van der Waals surface area contributed by atoms with Crippen LogP contribution in [-0.4, -0.2) is 19.7 Å². The lowest BCUT2D eigenvalue weighted by atomic mass is 10.1. The normalized spacial score (nSPS) is 20.5. The topological polar surface area (TPSA) is 21.3 Å². The average Bonchev–Trinajstić information content (AvgIpc) is 2.79. The Morgan fingerprint density at radius 3 is 3.00 bits per heavy atom. The molecule has 0 bridgehead atoms. The molecule has 0 spiro atoms.